The van der Waals surface area contributed by atoms with Gasteiger partial charge in [0.1, 0.15) is 0 Å². The smallest absolute Gasteiger partial charge is 0.221 e. The lowest BCUT2D eigenvalue weighted by atomic mass is 10.2. The lowest BCUT2D eigenvalue weighted by molar-refractivity contribution is -0.121. The molecule has 84 valence electrons. The van der Waals surface area contributed by atoms with E-state index < -0.39 is 0 Å². The summed E-state index contributed by atoms with van der Waals surface area (Å²) in [7, 11) is 0. The molecule has 4 heteroatoms. The molecule has 0 saturated heterocycles. The van der Waals surface area contributed by atoms with Crippen LogP contribution in [0.3, 0.4) is 0 Å². The molecule has 0 aliphatic carbocycles. The highest BCUT2D eigenvalue weighted by Gasteiger charge is 2.04. The van der Waals surface area contributed by atoms with Gasteiger partial charge in [0.25, 0.3) is 0 Å². The van der Waals surface area contributed by atoms with E-state index in [9.17, 15) is 4.79 Å². The second-order valence-corrected chi connectivity index (χ2v) is 3.95. The van der Waals surface area contributed by atoms with Crippen LogP contribution in [0.1, 0.15) is 27.2 Å². The van der Waals surface area contributed by atoms with Crippen LogP contribution < -0.4 is 10.6 Å². The van der Waals surface area contributed by atoms with Crippen molar-refractivity contribution in [2.75, 3.05) is 19.7 Å². The van der Waals surface area contributed by atoms with E-state index in [1.807, 2.05) is 20.8 Å². The van der Waals surface area contributed by atoms with E-state index in [1.54, 1.807) is 0 Å². The fourth-order valence-corrected chi connectivity index (χ4v) is 0.915. The number of rotatable bonds is 7. The maximum absolute atomic E-state index is 11.2. The molecule has 0 rings (SSSR count). The van der Waals surface area contributed by atoms with E-state index >= 15 is 0 Å². The van der Waals surface area contributed by atoms with Crippen LogP contribution in [0.25, 0.3) is 0 Å². The molecule has 0 saturated carbocycles. The van der Waals surface area contributed by atoms with Crippen LogP contribution in [0.2, 0.25) is 0 Å². The Bertz CT molecular complexity index is 160. The van der Waals surface area contributed by atoms with E-state index in [4.69, 9.17) is 5.11 Å². The third-order valence-corrected chi connectivity index (χ3v) is 1.86. The van der Waals surface area contributed by atoms with Crippen LogP contribution in [0.15, 0.2) is 0 Å². The van der Waals surface area contributed by atoms with Gasteiger partial charge in [0.15, 0.2) is 0 Å². The lowest BCUT2D eigenvalue weighted by Gasteiger charge is -2.10. The Morgan fingerprint density at radius 3 is 2.50 bits per heavy atom. The monoisotopic (exact) mass is 202 g/mol. The molecule has 0 radical (unpaired) electrons. The summed E-state index contributed by atoms with van der Waals surface area (Å²) >= 11 is 0. The molecule has 0 aromatic heterocycles. The van der Waals surface area contributed by atoms with E-state index in [1.165, 1.54) is 0 Å². The fourth-order valence-electron chi connectivity index (χ4n) is 0.915. The number of nitrogens with one attached hydrogen (secondary N) is 2. The highest BCUT2D eigenvalue weighted by molar-refractivity contribution is 5.76. The zero-order valence-corrected chi connectivity index (χ0v) is 9.34. The highest BCUT2D eigenvalue weighted by Crippen LogP contribution is 1.89. The van der Waals surface area contributed by atoms with Gasteiger partial charge in [-0.25, -0.2) is 0 Å². The first-order valence-corrected chi connectivity index (χ1v) is 5.17. The molecule has 1 unspecified atom stereocenters. The minimum Gasteiger partial charge on any atom is -0.396 e. The van der Waals surface area contributed by atoms with Crippen molar-refractivity contribution in [2.45, 2.75) is 33.2 Å². The molecule has 0 aromatic rings. The maximum atomic E-state index is 11.2. The van der Waals surface area contributed by atoms with Crippen LogP contribution in [0, 0.1) is 5.92 Å². The van der Waals surface area contributed by atoms with Gasteiger partial charge in [0, 0.05) is 32.2 Å². The van der Waals surface area contributed by atoms with Crippen molar-refractivity contribution in [3.05, 3.63) is 0 Å². The Morgan fingerprint density at radius 2 is 2.00 bits per heavy atom. The summed E-state index contributed by atoms with van der Waals surface area (Å²) in [6.45, 7) is 7.36. The molecule has 4 nitrogen and oxygen atoms in total. The largest absolute Gasteiger partial charge is 0.396 e. The number of carbonyl (C=O) groups is 1. The molecule has 1 atom stereocenters. The average Bonchev–Trinajstić information content (AvgIpc) is 2.13. The molecule has 0 heterocycles. The molecule has 0 fully saturated rings. The second kappa shape index (κ2) is 7.76. The van der Waals surface area contributed by atoms with Crippen molar-refractivity contribution >= 4 is 5.91 Å². The highest BCUT2D eigenvalue weighted by atomic mass is 16.3. The van der Waals surface area contributed by atoms with E-state index in [0.717, 1.165) is 0 Å². The van der Waals surface area contributed by atoms with Gasteiger partial charge < -0.3 is 15.7 Å². The topological polar surface area (TPSA) is 61.4 Å². The van der Waals surface area contributed by atoms with Gasteiger partial charge in [0.05, 0.1) is 0 Å². The van der Waals surface area contributed by atoms with Crippen molar-refractivity contribution in [1.29, 1.82) is 0 Å². The lowest BCUT2D eigenvalue weighted by Crippen LogP contribution is -2.33. The van der Waals surface area contributed by atoms with Gasteiger partial charge in [-0.1, -0.05) is 20.8 Å². The Labute approximate surface area is 86.1 Å². The molecule has 0 aromatic carbocycles. The number of hydrogen-bond acceptors (Lipinski definition) is 3. The van der Waals surface area contributed by atoms with Gasteiger partial charge >= 0.3 is 0 Å². The summed E-state index contributed by atoms with van der Waals surface area (Å²) in [5.41, 5.74) is 0. The van der Waals surface area contributed by atoms with Gasteiger partial charge in [-0.2, -0.15) is 0 Å². The summed E-state index contributed by atoms with van der Waals surface area (Å²) in [6.07, 6.45) is 0.496. The number of amides is 1. The Hall–Kier alpha value is -0.610. The molecule has 0 aliphatic rings. The van der Waals surface area contributed by atoms with Gasteiger partial charge in [0.2, 0.25) is 5.91 Å². The average molecular weight is 202 g/mol. The van der Waals surface area contributed by atoms with Crippen LogP contribution in [0.5, 0.6) is 0 Å². The van der Waals surface area contributed by atoms with Crippen LogP contribution in [-0.2, 0) is 4.79 Å². The first-order valence-electron chi connectivity index (χ1n) is 5.17. The number of aliphatic hydroxyl groups is 1. The summed E-state index contributed by atoms with van der Waals surface area (Å²) in [5.74, 6) is 0.176. The Balaban J connectivity index is 3.37. The van der Waals surface area contributed by atoms with E-state index in [2.05, 4.69) is 10.6 Å². The second-order valence-electron chi connectivity index (χ2n) is 3.95. The predicted octanol–water partition coefficient (Wildman–Crippen LogP) is 0.119. The van der Waals surface area contributed by atoms with Crippen LogP contribution in [-0.4, -0.2) is 36.8 Å². The van der Waals surface area contributed by atoms with Gasteiger partial charge in [-0.3, -0.25) is 4.79 Å². The fraction of sp³-hybridized carbons (Fsp3) is 0.900. The number of carbonyl (C=O) groups excluding carboxylic acids is 1. The summed E-state index contributed by atoms with van der Waals surface area (Å²) in [4.78, 5) is 11.2. The zero-order chi connectivity index (χ0) is 11.0. The van der Waals surface area contributed by atoms with Gasteiger partial charge in [-0.05, 0) is 5.92 Å². The standard InChI is InChI=1S/C10H22N2O2/c1-8(2)11-5-4-10(14)12-6-9(3)7-13/h8-9,11,13H,4-7H2,1-3H3,(H,12,14). The molecule has 3 N–H and O–H groups in total. The van der Waals surface area contributed by atoms with Gasteiger partial charge in [-0.15, -0.1) is 0 Å². The van der Waals surface area contributed by atoms with Crippen molar-refractivity contribution in [3.63, 3.8) is 0 Å². The van der Waals surface area contributed by atoms with Crippen LogP contribution in [0.4, 0.5) is 0 Å². The third-order valence-electron chi connectivity index (χ3n) is 1.86. The summed E-state index contributed by atoms with van der Waals surface area (Å²) in [6, 6.07) is 0.416. The van der Waals surface area contributed by atoms with Crippen LogP contribution >= 0.6 is 0 Å². The van der Waals surface area contributed by atoms with Crippen molar-refractivity contribution in [1.82, 2.24) is 10.6 Å². The molecule has 0 spiro atoms. The maximum Gasteiger partial charge on any atom is 0.221 e. The molecular weight excluding hydrogens is 180 g/mol. The quantitative estimate of drug-likeness (QED) is 0.549. The Morgan fingerprint density at radius 1 is 1.36 bits per heavy atom. The normalized spacial score (nSPS) is 12.9. The molecular formula is C10H22N2O2. The molecule has 1 amide bonds. The molecule has 0 bridgehead atoms. The SMILES string of the molecule is CC(CO)CNC(=O)CCNC(C)C. The number of aliphatic hydroxyl groups excluding tert-OH is 1. The number of hydrogen-bond donors (Lipinski definition) is 3. The minimum absolute atomic E-state index is 0.0402. The van der Waals surface area contributed by atoms with Crippen molar-refractivity contribution < 1.29 is 9.90 Å². The van der Waals surface area contributed by atoms with Crippen molar-refractivity contribution in [2.24, 2.45) is 5.92 Å². The minimum atomic E-state index is 0.0402. The van der Waals surface area contributed by atoms with E-state index in [0.29, 0.717) is 25.6 Å². The zero-order valence-electron chi connectivity index (χ0n) is 9.34. The third kappa shape index (κ3) is 8.01. The van der Waals surface area contributed by atoms with Crippen molar-refractivity contribution in [3.8, 4) is 0 Å². The molecule has 0 aliphatic heterocycles. The summed E-state index contributed by atoms with van der Waals surface area (Å²) < 4.78 is 0. The first-order chi connectivity index (χ1) is 6.56. The first kappa shape index (κ1) is 13.4. The predicted molar refractivity (Wildman–Crippen MR) is 57.0 cm³/mol. The Kier molecular flexibility index (Phi) is 7.42. The van der Waals surface area contributed by atoms with E-state index in [-0.39, 0.29) is 18.4 Å². The molecule has 14 heavy (non-hydrogen) atoms. The summed E-state index contributed by atoms with van der Waals surface area (Å²) in [5, 5.41) is 14.7.